The lowest BCUT2D eigenvalue weighted by atomic mass is 9.85. The van der Waals surface area contributed by atoms with E-state index in [9.17, 15) is 0 Å². The number of hydrogen-bond acceptors (Lipinski definition) is 2. The van der Waals surface area contributed by atoms with Gasteiger partial charge in [-0.05, 0) is 37.8 Å². The first kappa shape index (κ1) is 14.4. The molecule has 0 saturated heterocycles. The number of nitrogens with two attached hydrogens (primary N) is 1. The van der Waals surface area contributed by atoms with E-state index in [0.29, 0.717) is 5.41 Å². The number of fused-ring (bicyclic) bond motifs is 1. The van der Waals surface area contributed by atoms with Crippen LogP contribution in [0, 0.1) is 5.41 Å². The van der Waals surface area contributed by atoms with Gasteiger partial charge in [-0.25, -0.2) is 0 Å². The van der Waals surface area contributed by atoms with Gasteiger partial charge in [-0.3, -0.25) is 0 Å². The van der Waals surface area contributed by atoms with Crippen LogP contribution in [0.25, 0.3) is 10.8 Å². The summed E-state index contributed by atoms with van der Waals surface area (Å²) in [7, 11) is 0. The Kier molecular flexibility index (Phi) is 4.16. The van der Waals surface area contributed by atoms with E-state index in [1.54, 1.807) is 0 Å². The van der Waals surface area contributed by atoms with E-state index in [1.165, 1.54) is 42.1 Å². The van der Waals surface area contributed by atoms with Crippen molar-refractivity contribution in [2.24, 2.45) is 11.1 Å². The number of benzene rings is 2. The highest BCUT2D eigenvalue weighted by Crippen LogP contribution is 2.39. The first-order valence-corrected chi connectivity index (χ1v) is 8.21. The van der Waals surface area contributed by atoms with Gasteiger partial charge < -0.3 is 10.6 Å². The highest BCUT2D eigenvalue weighted by atomic mass is 15.1. The second-order valence-corrected chi connectivity index (χ2v) is 6.42. The molecule has 1 aliphatic carbocycles. The number of hydrogen-bond donors (Lipinski definition) is 1. The third kappa shape index (κ3) is 2.77. The van der Waals surface area contributed by atoms with Gasteiger partial charge in [-0.1, -0.05) is 49.2 Å². The van der Waals surface area contributed by atoms with E-state index in [4.69, 9.17) is 5.73 Å². The van der Waals surface area contributed by atoms with E-state index in [-0.39, 0.29) is 0 Å². The molecule has 1 fully saturated rings. The SMILES string of the molecule is CCN(CC1(CN)CCCC1)c1cccc2ccccc12. The lowest BCUT2D eigenvalue weighted by molar-refractivity contribution is 0.312. The molecule has 0 unspecified atom stereocenters. The van der Waals surface area contributed by atoms with Crippen LogP contribution in [0.5, 0.6) is 0 Å². The number of nitrogens with zero attached hydrogens (tertiary/aromatic N) is 1. The molecule has 1 saturated carbocycles. The van der Waals surface area contributed by atoms with Crippen LogP contribution < -0.4 is 10.6 Å². The smallest absolute Gasteiger partial charge is 0.0445 e. The van der Waals surface area contributed by atoms with Crippen LogP contribution in [0.1, 0.15) is 32.6 Å². The van der Waals surface area contributed by atoms with Crippen molar-refractivity contribution in [1.29, 1.82) is 0 Å². The largest absolute Gasteiger partial charge is 0.371 e. The predicted octanol–water partition coefficient (Wildman–Crippen LogP) is 4.19. The zero-order chi connectivity index (χ0) is 14.7. The zero-order valence-corrected chi connectivity index (χ0v) is 13.0. The summed E-state index contributed by atoms with van der Waals surface area (Å²) in [6.45, 7) is 5.19. The summed E-state index contributed by atoms with van der Waals surface area (Å²) in [6.07, 6.45) is 5.24. The maximum atomic E-state index is 6.14. The van der Waals surface area contributed by atoms with Crippen molar-refractivity contribution in [1.82, 2.24) is 0 Å². The third-order valence-corrected chi connectivity index (χ3v) is 5.11. The summed E-state index contributed by atoms with van der Waals surface area (Å²) in [5, 5.41) is 2.67. The van der Waals surface area contributed by atoms with Crippen LogP contribution >= 0.6 is 0 Å². The van der Waals surface area contributed by atoms with Gasteiger partial charge in [0.25, 0.3) is 0 Å². The molecule has 0 spiro atoms. The van der Waals surface area contributed by atoms with Gasteiger partial charge in [0.2, 0.25) is 0 Å². The summed E-state index contributed by atoms with van der Waals surface area (Å²) in [5.74, 6) is 0. The van der Waals surface area contributed by atoms with Crippen LogP contribution in [-0.4, -0.2) is 19.6 Å². The van der Waals surface area contributed by atoms with E-state index in [2.05, 4.69) is 54.3 Å². The van der Waals surface area contributed by atoms with Gasteiger partial charge >= 0.3 is 0 Å². The van der Waals surface area contributed by atoms with E-state index < -0.39 is 0 Å². The molecule has 0 atom stereocenters. The highest BCUT2D eigenvalue weighted by Gasteiger charge is 2.34. The normalized spacial score (nSPS) is 17.2. The Morgan fingerprint density at radius 1 is 1.05 bits per heavy atom. The fourth-order valence-electron chi connectivity index (χ4n) is 3.81. The minimum absolute atomic E-state index is 0.326. The molecule has 21 heavy (non-hydrogen) atoms. The average molecular weight is 282 g/mol. The van der Waals surface area contributed by atoms with Crippen molar-refractivity contribution in [3.8, 4) is 0 Å². The van der Waals surface area contributed by atoms with Crippen molar-refractivity contribution in [2.45, 2.75) is 32.6 Å². The van der Waals surface area contributed by atoms with Crippen molar-refractivity contribution < 1.29 is 0 Å². The van der Waals surface area contributed by atoms with Crippen molar-refractivity contribution in [3.05, 3.63) is 42.5 Å². The molecule has 0 aliphatic heterocycles. The molecule has 0 amide bonds. The zero-order valence-electron chi connectivity index (χ0n) is 13.0. The fourth-order valence-corrected chi connectivity index (χ4v) is 3.81. The molecule has 2 N–H and O–H groups in total. The third-order valence-electron chi connectivity index (χ3n) is 5.11. The molecule has 1 aliphatic rings. The molecule has 2 heteroatoms. The molecule has 0 aromatic heterocycles. The van der Waals surface area contributed by atoms with Crippen LogP contribution in [0.4, 0.5) is 5.69 Å². The summed E-state index contributed by atoms with van der Waals surface area (Å²) in [6, 6.07) is 15.3. The van der Waals surface area contributed by atoms with Crippen LogP contribution in [0.2, 0.25) is 0 Å². The standard InChI is InChI=1S/C19H26N2/c1-2-21(15-19(14-20)12-5-6-13-19)18-11-7-9-16-8-3-4-10-17(16)18/h3-4,7-11H,2,5-6,12-15,20H2,1H3. The molecular formula is C19H26N2. The van der Waals surface area contributed by atoms with Gasteiger partial charge in [0.15, 0.2) is 0 Å². The van der Waals surface area contributed by atoms with E-state index in [1.807, 2.05) is 0 Å². The average Bonchev–Trinajstić information content (AvgIpc) is 3.01. The van der Waals surface area contributed by atoms with Crippen LogP contribution in [-0.2, 0) is 0 Å². The Bertz CT molecular complexity index is 594. The van der Waals surface area contributed by atoms with Crippen molar-refractivity contribution >= 4 is 16.5 Å². The first-order chi connectivity index (χ1) is 10.3. The van der Waals surface area contributed by atoms with Gasteiger partial charge in [-0.2, -0.15) is 0 Å². The molecule has 112 valence electrons. The Morgan fingerprint density at radius 3 is 2.48 bits per heavy atom. The lowest BCUT2D eigenvalue weighted by Gasteiger charge is -2.36. The summed E-state index contributed by atoms with van der Waals surface area (Å²) in [4.78, 5) is 2.53. The number of anilines is 1. The van der Waals surface area contributed by atoms with Gasteiger partial charge in [0.1, 0.15) is 0 Å². The summed E-state index contributed by atoms with van der Waals surface area (Å²) >= 11 is 0. The van der Waals surface area contributed by atoms with Crippen molar-refractivity contribution in [2.75, 3.05) is 24.5 Å². The second kappa shape index (κ2) is 6.07. The van der Waals surface area contributed by atoms with E-state index >= 15 is 0 Å². The molecule has 2 aromatic carbocycles. The molecule has 2 nitrogen and oxygen atoms in total. The van der Waals surface area contributed by atoms with Gasteiger partial charge in [0.05, 0.1) is 0 Å². The topological polar surface area (TPSA) is 29.3 Å². The quantitative estimate of drug-likeness (QED) is 0.891. The monoisotopic (exact) mass is 282 g/mol. The minimum Gasteiger partial charge on any atom is -0.371 e. The second-order valence-electron chi connectivity index (χ2n) is 6.42. The highest BCUT2D eigenvalue weighted by molar-refractivity contribution is 5.94. The van der Waals surface area contributed by atoms with E-state index in [0.717, 1.165) is 19.6 Å². The summed E-state index contributed by atoms with van der Waals surface area (Å²) < 4.78 is 0. The van der Waals surface area contributed by atoms with Crippen molar-refractivity contribution in [3.63, 3.8) is 0 Å². The predicted molar refractivity (Wildman–Crippen MR) is 91.8 cm³/mol. The first-order valence-electron chi connectivity index (χ1n) is 8.21. The molecule has 0 bridgehead atoms. The summed E-state index contributed by atoms with van der Waals surface area (Å²) in [5.41, 5.74) is 7.82. The fraction of sp³-hybridized carbons (Fsp3) is 0.474. The number of rotatable bonds is 5. The Balaban J connectivity index is 1.95. The maximum Gasteiger partial charge on any atom is 0.0445 e. The van der Waals surface area contributed by atoms with Gasteiger partial charge in [-0.15, -0.1) is 0 Å². The minimum atomic E-state index is 0.326. The Labute approximate surface area is 127 Å². The Morgan fingerprint density at radius 2 is 1.76 bits per heavy atom. The molecule has 0 heterocycles. The molecular weight excluding hydrogens is 256 g/mol. The Hall–Kier alpha value is -1.54. The molecule has 0 radical (unpaired) electrons. The molecule has 2 aromatic rings. The van der Waals surface area contributed by atoms with Crippen LogP contribution in [0.15, 0.2) is 42.5 Å². The molecule has 3 rings (SSSR count). The maximum absolute atomic E-state index is 6.14. The van der Waals surface area contributed by atoms with Crippen LogP contribution in [0.3, 0.4) is 0 Å². The lowest BCUT2D eigenvalue weighted by Crippen LogP contribution is -2.41. The van der Waals surface area contributed by atoms with Gasteiger partial charge in [0, 0.05) is 29.6 Å².